The number of nitrogens with one attached hydrogen (secondary N) is 1. The third kappa shape index (κ3) is 3.52. The van der Waals surface area contributed by atoms with E-state index in [0.29, 0.717) is 0 Å². The van der Waals surface area contributed by atoms with Gasteiger partial charge in [0, 0.05) is 31.2 Å². The molecule has 0 radical (unpaired) electrons. The van der Waals surface area contributed by atoms with Gasteiger partial charge in [0.1, 0.15) is 0 Å². The van der Waals surface area contributed by atoms with Crippen LogP contribution < -0.4 is 5.32 Å². The van der Waals surface area contributed by atoms with E-state index in [9.17, 15) is 0 Å². The van der Waals surface area contributed by atoms with Crippen molar-refractivity contribution >= 4 is 0 Å². The summed E-state index contributed by atoms with van der Waals surface area (Å²) in [5, 5.41) is 3.84. The minimum atomic E-state index is 0.805. The average Bonchev–Trinajstić information content (AvgIpc) is 3.22. The Balaban J connectivity index is 1.62. The third-order valence-corrected chi connectivity index (χ3v) is 5.70. The van der Waals surface area contributed by atoms with Gasteiger partial charge in [0.25, 0.3) is 0 Å². The van der Waals surface area contributed by atoms with Crippen LogP contribution in [-0.4, -0.2) is 36.1 Å². The van der Waals surface area contributed by atoms with Crippen LogP contribution in [0.3, 0.4) is 0 Å². The van der Waals surface area contributed by atoms with Crippen LogP contribution in [0.5, 0.6) is 0 Å². The van der Waals surface area contributed by atoms with Gasteiger partial charge in [0.2, 0.25) is 0 Å². The fourth-order valence-corrected chi connectivity index (χ4v) is 4.25. The van der Waals surface area contributed by atoms with Crippen molar-refractivity contribution in [1.82, 2.24) is 10.2 Å². The molecule has 110 valence electrons. The molecule has 1 N–H and O–H groups in total. The minimum Gasteiger partial charge on any atom is -0.311 e. The molecule has 2 atom stereocenters. The summed E-state index contributed by atoms with van der Waals surface area (Å²) in [5.41, 5.74) is 0. The fourth-order valence-electron chi connectivity index (χ4n) is 4.25. The Bertz CT molecular complexity index is 266. The molecule has 1 aliphatic heterocycles. The van der Waals surface area contributed by atoms with E-state index in [1.54, 1.807) is 0 Å². The zero-order valence-electron chi connectivity index (χ0n) is 12.7. The van der Waals surface area contributed by atoms with Gasteiger partial charge in [-0.15, -0.1) is 0 Å². The largest absolute Gasteiger partial charge is 0.311 e. The van der Waals surface area contributed by atoms with Crippen LogP contribution in [0.25, 0.3) is 0 Å². The van der Waals surface area contributed by atoms with Crippen LogP contribution in [0.2, 0.25) is 0 Å². The zero-order valence-corrected chi connectivity index (χ0v) is 12.7. The molecule has 0 amide bonds. The molecular formula is C17H32N2. The maximum atomic E-state index is 3.84. The molecule has 0 spiro atoms. The van der Waals surface area contributed by atoms with Gasteiger partial charge in [-0.2, -0.15) is 0 Å². The van der Waals surface area contributed by atoms with Crippen LogP contribution >= 0.6 is 0 Å². The highest BCUT2D eigenvalue weighted by molar-refractivity contribution is 4.96. The SMILES string of the molecule is CCC1CNC(C2CC2)CN1C1CCCCCCC1. The van der Waals surface area contributed by atoms with Gasteiger partial charge in [-0.1, -0.05) is 39.0 Å². The highest BCUT2D eigenvalue weighted by Gasteiger charge is 2.38. The van der Waals surface area contributed by atoms with E-state index in [1.807, 2.05) is 0 Å². The van der Waals surface area contributed by atoms with Crippen molar-refractivity contribution < 1.29 is 0 Å². The van der Waals surface area contributed by atoms with E-state index in [4.69, 9.17) is 0 Å². The van der Waals surface area contributed by atoms with Crippen molar-refractivity contribution in [2.24, 2.45) is 5.92 Å². The highest BCUT2D eigenvalue weighted by atomic mass is 15.3. The van der Waals surface area contributed by atoms with Gasteiger partial charge in [0.05, 0.1) is 0 Å². The maximum absolute atomic E-state index is 3.84. The quantitative estimate of drug-likeness (QED) is 0.838. The summed E-state index contributed by atoms with van der Waals surface area (Å²) in [7, 11) is 0. The number of piperazine rings is 1. The molecule has 0 aromatic heterocycles. The third-order valence-electron chi connectivity index (χ3n) is 5.70. The first-order valence-electron chi connectivity index (χ1n) is 8.87. The van der Waals surface area contributed by atoms with Crippen LogP contribution in [0, 0.1) is 5.92 Å². The number of rotatable bonds is 3. The number of hydrogen-bond donors (Lipinski definition) is 1. The van der Waals surface area contributed by atoms with Gasteiger partial charge < -0.3 is 5.32 Å². The van der Waals surface area contributed by atoms with Crippen molar-refractivity contribution in [3.63, 3.8) is 0 Å². The Morgan fingerprint density at radius 2 is 1.63 bits per heavy atom. The molecule has 0 aromatic carbocycles. The minimum absolute atomic E-state index is 0.805. The van der Waals surface area contributed by atoms with Crippen LogP contribution in [0.1, 0.15) is 71.1 Å². The van der Waals surface area contributed by atoms with Crippen LogP contribution in [0.4, 0.5) is 0 Å². The molecule has 1 heterocycles. The van der Waals surface area contributed by atoms with Crippen molar-refractivity contribution in [2.45, 2.75) is 89.3 Å². The predicted octanol–water partition coefficient (Wildman–Crippen LogP) is 3.56. The van der Waals surface area contributed by atoms with Crippen LogP contribution in [0.15, 0.2) is 0 Å². The number of hydrogen-bond acceptors (Lipinski definition) is 2. The standard InChI is InChI=1S/C17H32N2/c1-2-15-12-18-17(14-10-11-14)13-19(15)16-8-6-4-3-5-7-9-16/h14-18H,2-13H2,1H3. The fraction of sp³-hybridized carbons (Fsp3) is 1.00. The molecule has 2 saturated carbocycles. The Kier molecular flexibility index (Phi) is 4.81. The van der Waals surface area contributed by atoms with E-state index >= 15 is 0 Å². The van der Waals surface area contributed by atoms with E-state index < -0.39 is 0 Å². The molecular weight excluding hydrogens is 232 g/mol. The van der Waals surface area contributed by atoms with Crippen molar-refractivity contribution in [3.05, 3.63) is 0 Å². The summed E-state index contributed by atoms with van der Waals surface area (Å²) in [4.78, 5) is 2.92. The Labute approximate surface area is 119 Å². The molecule has 1 saturated heterocycles. The summed E-state index contributed by atoms with van der Waals surface area (Å²) in [6, 6.07) is 2.52. The molecule has 3 rings (SSSR count). The van der Waals surface area contributed by atoms with E-state index in [1.165, 1.54) is 77.3 Å². The normalized spacial score (nSPS) is 35.8. The van der Waals surface area contributed by atoms with Gasteiger partial charge in [-0.3, -0.25) is 4.90 Å². The Morgan fingerprint density at radius 1 is 0.947 bits per heavy atom. The lowest BCUT2D eigenvalue weighted by Gasteiger charge is -2.45. The lowest BCUT2D eigenvalue weighted by molar-refractivity contribution is 0.0600. The predicted molar refractivity (Wildman–Crippen MR) is 81.4 cm³/mol. The maximum Gasteiger partial charge on any atom is 0.0224 e. The topological polar surface area (TPSA) is 15.3 Å². The van der Waals surface area contributed by atoms with Gasteiger partial charge >= 0.3 is 0 Å². The van der Waals surface area contributed by atoms with E-state index in [2.05, 4.69) is 17.1 Å². The van der Waals surface area contributed by atoms with Gasteiger partial charge in [-0.25, -0.2) is 0 Å². The molecule has 2 unspecified atom stereocenters. The molecule has 0 bridgehead atoms. The lowest BCUT2D eigenvalue weighted by Crippen LogP contribution is -2.60. The van der Waals surface area contributed by atoms with Crippen molar-refractivity contribution in [2.75, 3.05) is 13.1 Å². The second-order valence-corrected chi connectivity index (χ2v) is 7.11. The Hall–Kier alpha value is -0.0800. The van der Waals surface area contributed by atoms with E-state index in [0.717, 1.165) is 24.0 Å². The highest BCUT2D eigenvalue weighted by Crippen LogP contribution is 2.35. The summed E-state index contributed by atoms with van der Waals surface area (Å²) in [6.07, 6.45) is 14.6. The molecule has 3 fully saturated rings. The molecule has 0 aromatic rings. The van der Waals surface area contributed by atoms with E-state index in [-0.39, 0.29) is 0 Å². The van der Waals surface area contributed by atoms with Crippen molar-refractivity contribution in [1.29, 1.82) is 0 Å². The second-order valence-electron chi connectivity index (χ2n) is 7.11. The van der Waals surface area contributed by atoms with Crippen molar-refractivity contribution in [3.8, 4) is 0 Å². The summed E-state index contributed by atoms with van der Waals surface area (Å²) >= 11 is 0. The lowest BCUT2D eigenvalue weighted by atomic mass is 9.92. The molecule has 2 aliphatic carbocycles. The molecule has 3 aliphatic rings. The first-order chi connectivity index (χ1) is 9.38. The first kappa shape index (κ1) is 13.9. The van der Waals surface area contributed by atoms with Gasteiger partial charge in [-0.05, 0) is 38.0 Å². The monoisotopic (exact) mass is 264 g/mol. The van der Waals surface area contributed by atoms with Gasteiger partial charge in [0.15, 0.2) is 0 Å². The first-order valence-corrected chi connectivity index (χ1v) is 8.87. The smallest absolute Gasteiger partial charge is 0.0224 e. The second kappa shape index (κ2) is 6.58. The van der Waals surface area contributed by atoms with Crippen LogP contribution in [-0.2, 0) is 0 Å². The zero-order chi connectivity index (χ0) is 13.1. The molecule has 2 nitrogen and oxygen atoms in total. The summed E-state index contributed by atoms with van der Waals surface area (Å²) in [5.74, 6) is 1.01. The summed E-state index contributed by atoms with van der Waals surface area (Å²) < 4.78 is 0. The Morgan fingerprint density at radius 3 is 2.26 bits per heavy atom. The number of nitrogens with zero attached hydrogens (tertiary/aromatic N) is 1. The molecule has 2 heteroatoms. The average molecular weight is 264 g/mol. The molecule has 19 heavy (non-hydrogen) atoms. The summed E-state index contributed by atoms with van der Waals surface area (Å²) in [6.45, 7) is 4.96.